The lowest BCUT2D eigenvalue weighted by molar-refractivity contribution is -0.146. The average Bonchev–Trinajstić information content (AvgIpc) is 2.74. The van der Waals surface area contributed by atoms with Crippen LogP contribution in [-0.4, -0.2) is 24.1 Å². The standard InChI is InChI=1S/C25H24ClNO3/c1-3-30-25(29)22-15(2)27-20-13-18(16-7-5-4-6-8-16)14-21(28)24(20)23(22)17-9-11-19(26)12-10-17/h4-12,18,22-23H,3,13-14H2,1-2H3/t18-,22?,23-/m1/s1. The van der Waals surface area contributed by atoms with Gasteiger partial charge >= 0.3 is 5.97 Å². The van der Waals surface area contributed by atoms with E-state index in [0.717, 1.165) is 16.8 Å². The normalized spacial score (nSPS) is 23.6. The van der Waals surface area contributed by atoms with Crippen molar-refractivity contribution in [3.8, 4) is 0 Å². The third-order valence-corrected chi connectivity index (χ3v) is 6.18. The summed E-state index contributed by atoms with van der Waals surface area (Å²) in [5.74, 6) is -1.21. The van der Waals surface area contributed by atoms with Gasteiger partial charge < -0.3 is 4.74 Å². The quantitative estimate of drug-likeness (QED) is 0.614. The van der Waals surface area contributed by atoms with E-state index in [1.54, 1.807) is 19.1 Å². The molecule has 4 nitrogen and oxygen atoms in total. The van der Waals surface area contributed by atoms with Gasteiger partial charge in [0.05, 0.1) is 6.61 Å². The number of allylic oxidation sites excluding steroid dienone is 2. The Morgan fingerprint density at radius 2 is 1.77 bits per heavy atom. The highest BCUT2D eigenvalue weighted by molar-refractivity contribution is 6.30. The fourth-order valence-corrected chi connectivity index (χ4v) is 4.71. The molecule has 0 spiro atoms. The Morgan fingerprint density at radius 3 is 2.43 bits per heavy atom. The third-order valence-electron chi connectivity index (χ3n) is 5.93. The highest BCUT2D eigenvalue weighted by Crippen LogP contribution is 2.46. The van der Waals surface area contributed by atoms with Gasteiger partial charge in [-0.05, 0) is 49.4 Å². The zero-order chi connectivity index (χ0) is 21.3. The van der Waals surface area contributed by atoms with E-state index in [-0.39, 0.29) is 24.3 Å². The summed E-state index contributed by atoms with van der Waals surface area (Å²) in [6.45, 7) is 3.92. The van der Waals surface area contributed by atoms with Gasteiger partial charge in [0, 0.05) is 34.3 Å². The summed E-state index contributed by atoms with van der Waals surface area (Å²) in [4.78, 5) is 31.0. The molecule has 4 rings (SSSR count). The van der Waals surface area contributed by atoms with Crippen LogP contribution in [0.25, 0.3) is 0 Å². The molecule has 0 saturated carbocycles. The number of hydrogen-bond donors (Lipinski definition) is 0. The number of halogens is 1. The van der Waals surface area contributed by atoms with Crippen molar-refractivity contribution in [3.63, 3.8) is 0 Å². The van der Waals surface area contributed by atoms with Crippen LogP contribution in [0.15, 0.2) is 70.9 Å². The van der Waals surface area contributed by atoms with Crippen molar-refractivity contribution < 1.29 is 14.3 Å². The second-order valence-electron chi connectivity index (χ2n) is 7.81. The molecule has 0 N–H and O–H groups in total. The SMILES string of the molecule is CCOC(=O)C1C(C)=NC2=C(C(=O)C[C@H](c3ccccc3)C2)[C@@H]1c1ccc(Cl)cc1. The van der Waals surface area contributed by atoms with Crippen molar-refractivity contribution >= 4 is 29.1 Å². The molecule has 1 aliphatic carbocycles. The van der Waals surface area contributed by atoms with Gasteiger partial charge in [0.15, 0.2) is 5.78 Å². The summed E-state index contributed by atoms with van der Waals surface area (Å²) < 4.78 is 5.35. The zero-order valence-corrected chi connectivity index (χ0v) is 17.9. The number of ketones is 1. The molecule has 154 valence electrons. The second-order valence-corrected chi connectivity index (χ2v) is 8.25. The number of carbonyl (C=O) groups excluding carboxylic acids is 2. The number of esters is 1. The molecule has 5 heteroatoms. The summed E-state index contributed by atoms with van der Waals surface area (Å²) in [5.41, 5.74) is 4.14. The molecule has 2 aromatic carbocycles. The predicted octanol–water partition coefficient (Wildman–Crippen LogP) is 5.48. The molecule has 0 saturated heterocycles. The maximum Gasteiger partial charge on any atom is 0.315 e. The lowest BCUT2D eigenvalue weighted by Crippen LogP contribution is -2.38. The van der Waals surface area contributed by atoms with Crippen LogP contribution in [0.4, 0.5) is 0 Å². The van der Waals surface area contributed by atoms with Gasteiger partial charge in [0.25, 0.3) is 0 Å². The maximum atomic E-state index is 13.4. The summed E-state index contributed by atoms with van der Waals surface area (Å²) in [5, 5.41) is 0.612. The van der Waals surface area contributed by atoms with Crippen LogP contribution in [0.5, 0.6) is 0 Å². The zero-order valence-electron chi connectivity index (χ0n) is 17.1. The molecule has 1 unspecified atom stereocenters. The van der Waals surface area contributed by atoms with E-state index in [0.29, 0.717) is 29.1 Å². The van der Waals surface area contributed by atoms with Gasteiger partial charge in [-0.2, -0.15) is 0 Å². The Balaban J connectivity index is 1.80. The number of ether oxygens (including phenoxy) is 1. The first-order chi connectivity index (χ1) is 14.5. The lowest BCUT2D eigenvalue weighted by Gasteiger charge is -2.36. The molecule has 1 heterocycles. The fraction of sp³-hybridized carbons (Fsp3) is 0.320. The molecule has 0 amide bonds. The molecular formula is C25H24ClNO3. The first-order valence-corrected chi connectivity index (χ1v) is 10.7. The summed E-state index contributed by atoms with van der Waals surface area (Å²) in [6.07, 6.45) is 1.10. The largest absolute Gasteiger partial charge is 0.465 e. The van der Waals surface area contributed by atoms with E-state index in [4.69, 9.17) is 21.3 Å². The van der Waals surface area contributed by atoms with Crippen LogP contribution in [0, 0.1) is 5.92 Å². The van der Waals surface area contributed by atoms with Gasteiger partial charge in [-0.1, -0.05) is 54.1 Å². The molecular weight excluding hydrogens is 398 g/mol. The summed E-state index contributed by atoms with van der Waals surface area (Å²) in [7, 11) is 0. The molecule has 2 aliphatic rings. The lowest BCUT2D eigenvalue weighted by atomic mass is 9.69. The Labute approximate surface area is 181 Å². The first kappa shape index (κ1) is 20.5. The third kappa shape index (κ3) is 3.84. The average molecular weight is 422 g/mol. The first-order valence-electron chi connectivity index (χ1n) is 10.3. The highest BCUT2D eigenvalue weighted by atomic mass is 35.5. The molecule has 2 aromatic rings. The Morgan fingerprint density at radius 1 is 1.07 bits per heavy atom. The summed E-state index contributed by atoms with van der Waals surface area (Å²) in [6, 6.07) is 17.4. The van der Waals surface area contributed by atoms with Crippen LogP contribution >= 0.6 is 11.6 Å². The molecule has 0 radical (unpaired) electrons. The molecule has 1 aliphatic heterocycles. The van der Waals surface area contributed by atoms with Crippen molar-refractivity contribution in [3.05, 3.63) is 82.0 Å². The number of aliphatic imine (C=N–C) groups is 1. The fourth-order valence-electron chi connectivity index (χ4n) is 4.59. The number of carbonyl (C=O) groups is 2. The number of nitrogens with zero attached hydrogens (tertiary/aromatic N) is 1. The number of Topliss-reactive ketones (excluding diaryl/α,β-unsaturated/α-hetero) is 1. The van der Waals surface area contributed by atoms with E-state index < -0.39 is 11.8 Å². The van der Waals surface area contributed by atoms with E-state index in [1.807, 2.05) is 37.3 Å². The van der Waals surface area contributed by atoms with Crippen LogP contribution in [-0.2, 0) is 14.3 Å². The molecule has 0 fully saturated rings. The van der Waals surface area contributed by atoms with Gasteiger partial charge in [-0.25, -0.2) is 0 Å². The Bertz CT molecular complexity index is 1020. The number of rotatable bonds is 4. The van der Waals surface area contributed by atoms with Crippen molar-refractivity contribution in [1.29, 1.82) is 0 Å². The van der Waals surface area contributed by atoms with Gasteiger partial charge in [-0.15, -0.1) is 0 Å². The Hall–Kier alpha value is -2.72. The van der Waals surface area contributed by atoms with E-state index in [1.165, 1.54) is 0 Å². The van der Waals surface area contributed by atoms with Crippen molar-refractivity contribution in [2.24, 2.45) is 10.9 Å². The van der Waals surface area contributed by atoms with Gasteiger partial charge in [0.1, 0.15) is 5.92 Å². The molecule has 0 bridgehead atoms. The van der Waals surface area contributed by atoms with Crippen LogP contribution < -0.4 is 0 Å². The minimum atomic E-state index is -0.609. The maximum absolute atomic E-state index is 13.4. The van der Waals surface area contributed by atoms with Crippen LogP contribution in [0.1, 0.15) is 49.7 Å². The number of hydrogen-bond acceptors (Lipinski definition) is 4. The number of benzene rings is 2. The summed E-state index contributed by atoms with van der Waals surface area (Å²) >= 11 is 6.09. The minimum absolute atomic E-state index is 0.0515. The van der Waals surface area contributed by atoms with Crippen molar-refractivity contribution in [1.82, 2.24) is 0 Å². The van der Waals surface area contributed by atoms with Crippen molar-refractivity contribution in [2.75, 3.05) is 6.61 Å². The van der Waals surface area contributed by atoms with Gasteiger partial charge in [0.2, 0.25) is 0 Å². The van der Waals surface area contributed by atoms with E-state index in [9.17, 15) is 9.59 Å². The van der Waals surface area contributed by atoms with E-state index in [2.05, 4.69) is 12.1 Å². The van der Waals surface area contributed by atoms with Crippen LogP contribution in [0.2, 0.25) is 5.02 Å². The molecule has 3 atom stereocenters. The monoisotopic (exact) mass is 421 g/mol. The highest BCUT2D eigenvalue weighted by Gasteiger charge is 2.44. The van der Waals surface area contributed by atoms with Crippen molar-refractivity contribution in [2.45, 2.75) is 38.5 Å². The molecule has 0 aromatic heterocycles. The predicted molar refractivity (Wildman–Crippen MR) is 118 cm³/mol. The molecule has 30 heavy (non-hydrogen) atoms. The smallest absolute Gasteiger partial charge is 0.315 e. The van der Waals surface area contributed by atoms with E-state index >= 15 is 0 Å². The second kappa shape index (κ2) is 8.57. The minimum Gasteiger partial charge on any atom is -0.465 e. The topological polar surface area (TPSA) is 55.7 Å². The Kier molecular flexibility index (Phi) is 5.87. The van der Waals surface area contributed by atoms with Gasteiger partial charge in [-0.3, -0.25) is 14.6 Å². The van der Waals surface area contributed by atoms with Crippen LogP contribution in [0.3, 0.4) is 0 Å².